The number of piperidine rings is 1. The normalized spacial score (nSPS) is 27.8. The maximum absolute atomic E-state index is 13.1. The second-order valence-electron chi connectivity index (χ2n) is 8.20. The Balaban J connectivity index is 1.50. The summed E-state index contributed by atoms with van der Waals surface area (Å²) in [6.45, 7) is 7.29. The van der Waals surface area contributed by atoms with Crippen LogP contribution < -0.4 is 0 Å². The van der Waals surface area contributed by atoms with Crippen LogP contribution in [0.5, 0.6) is 0 Å². The van der Waals surface area contributed by atoms with Crippen LogP contribution in [0.4, 0.5) is 0 Å². The lowest BCUT2D eigenvalue weighted by Crippen LogP contribution is -2.34. The van der Waals surface area contributed by atoms with Gasteiger partial charge in [-0.1, -0.05) is 36.2 Å². The van der Waals surface area contributed by atoms with Crippen molar-refractivity contribution >= 4 is 21.0 Å². The van der Waals surface area contributed by atoms with E-state index >= 15 is 0 Å². The molecule has 2 heterocycles. The van der Waals surface area contributed by atoms with E-state index in [1.54, 1.807) is 16.4 Å². The van der Waals surface area contributed by atoms with Crippen molar-refractivity contribution in [1.82, 2.24) is 4.31 Å². The van der Waals surface area contributed by atoms with Crippen molar-refractivity contribution in [2.45, 2.75) is 31.1 Å². The zero-order valence-corrected chi connectivity index (χ0v) is 16.6. The molecular formula is C22H23NO3S. The molecule has 3 unspecified atom stereocenters. The molecular weight excluding hydrogens is 358 g/mol. The van der Waals surface area contributed by atoms with Gasteiger partial charge in [-0.2, -0.15) is 4.31 Å². The summed E-state index contributed by atoms with van der Waals surface area (Å²) >= 11 is 0. The van der Waals surface area contributed by atoms with Crippen molar-refractivity contribution in [3.8, 4) is 0 Å². The molecule has 1 aromatic heterocycles. The zero-order valence-electron chi connectivity index (χ0n) is 15.8. The second-order valence-corrected chi connectivity index (χ2v) is 10.1. The van der Waals surface area contributed by atoms with Gasteiger partial charge in [-0.25, -0.2) is 8.42 Å². The van der Waals surface area contributed by atoms with E-state index in [0.717, 1.165) is 22.3 Å². The third-order valence-corrected chi connectivity index (χ3v) is 8.42. The number of hydrogen-bond donors (Lipinski definition) is 0. The first kappa shape index (κ1) is 17.0. The van der Waals surface area contributed by atoms with E-state index in [1.807, 2.05) is 31.2 Å². The van der Waals surface area contributed by atoms with Gasteiger partial charge in [0, 0.05) is 23.9 Å². The predicted molar refractivity (Wildman–Crippen MR) is 105 cm³/mol. The van der Waals surface area contributed by atoms with Crippen LogP contribution in [0.25, 0.3) is 11.0 Å². The maximum Gasteiger partial charge on any atom is 0.243 e. The first-order valence-electron chi connectivity index (χ1n) is 9.40. The summed E-state index contributed by atoms with van der Waals surface area (Å²) in [7, 11) is -3.47. The van der Waals surface area contributed by atoms with Crippen molar-refractivity contribution in [3.05, 3.63) is 65.4 Å². The summed E-state index contributed by atoms with van der Waals surface area (Å²) in [5.74, 6) is 1.69. The molecule has 140 valence electrons. The largest absolute Gasteiger partial charge is 0.460 e. The van der Waals surface area contributed by atoms with Crippen molar-refractivity contribution < 1.29 is 12.8 Å². The summed E-state index contributed by atoms with van der Waals surface area (Å²) in [5, 5.41) is 1.09. The number of rotatable bonds is 3. The van der Waals surface area contributed by atoms with Crippen molar-refractivity contribution in [2.24, 2.45) is 11.8 Å². The van der Waals surface area contributed by atoms with Crippen LogP contribution >= 0.6 is 0 Å². The summed E-state index contributed by atoms with van der Waals surface area (Å²) in [4.78, 5) is 0.373. The molecule has 1 saturated heterocycles. The lowest BCUT2D eigenvalue weighted by Gasteiger charge is -2.21. The molecule has 4 nitrogen and oxygen atoms in total. The van der Waals surface area contributed by atoms with E-state index in [1.165, 1.54) is 5.56 Å². The van der Waals surface area contributed by atoms with E-state index in [2.05, 4.69) is 26.0 Å². The van der Waals surface area contributed by atoms with Crippen LogP contribution in [0.1, 0.15) is 23.8 Å². The van der Waals surface area contributed by atoms with Crippen LogP contribution in [0.3, 0.4) is 0 Å². The van der Waals surface area contributed by atoms with Gasteiger partial charge in [0.15, 0.2) is 0 Å². The van der Waals surface area contributed by atoms with Crippen LogP contribution in [-0.4, -0.2) is 25.8 Å². The van der Waals surface area contributed by atoms with Gasteiger partial charge in [0.05, 0.1) is 4.90 Å². The molecule has 5 rings (SSSR count). The SMILES string of the molecule is Cc1ccc(S(=O)(=O)N2CC3C(C)C3(c3cc4cc(C)ccc4o3)C2)cc1. The van der Waals surface area contributed by atoms with Crippen molar-refractivity contribution in [3.63, 3.8) is 0 Å². The molecule has 0 bridgehead atoms. The number of sulfonamides is 1. The number of aryl methyl sites for hydroxylation is 2. The van der Waals surface area contributed by atoms with Crippen LogP contribution in [0.15, 0.2) is 57.8 Å². The number of benzene rings is 2. The summed E-state index contributed by atoms with van der Waals surface area (Å²) in [6, 6.07) is 15.4. The van der Waals surface area contributed by atoms with Gasteiger partial charge in [-0.05, 0) is 56.0 Å². The maximum atomic E-state index is 13.1. The molecule has 2 aliphatic rings. The molecule has 2 aromatic carbocycles. The number of fused-ring (bicyclic) bond motifs is 2. The average Bonchev–Trinajstić information content (AvgIpc) is 3.01. The summed E-state index contributed by atoms with van der Waals surface area (Å²) in [6.07, 6.45) is 0. The minimum Gasteiger partial charge on any atom is -0.460 e. The summed E-state index contributed by atoms with van der Waals surface area (Å²) in [5.41, 5.74) is 2.94. The lowest BCUT2D eigenvalue weighted by atomic mass is 10.0. The molecule has 0 N–H and O–H groups in total. The highest BCUT2D eigenvalue weighted by molar-refractivity contribution is 7.89. The quantitative estimate of drug-likeness (QED) is 0.681. The fourth-order valence-corrected chi connectivity index (χ4v) is 6.32. The smallest absolute Gasteiger partial charge is 0.243 e. The highest BCUT2D eigenvalue weighted by Gasteiger charge is 2.70. The zero-order chi connectivity index (χ0) is 19.0. The average molecular weight is 381 g/mol. The van der Waals surface area contributed by atoms with Gasteiger partial charge in [0.1, 0.15) is 11.3 Å². The van der Waals surface area contributed by atoms with Crippen LogP contribution in [0.2, 0.25) is 0 Å². The monoisotopic (exact) mass is 381 g/mol. The van der Waals surface area contributed by atoms with Gasteiger partial charge in [-0.15, -0.1) is 0 Å². The third kappa shape index (κ3) is 2.34. The van der Waals surface area contributed by atoms with E-state index in [9.17, 15) is 8.42 Å². The first-order valence-corrected chi connectivity index (χ1v) is 10.8. The molecule has 0 radical (unpaired) electrons. The third-order valence-electron chi connectivity index (χ3n) is 6.60. The number of furan rings is 1. The topological polar surface area (TPSA) is 50.5 Å². The van der Waals surface area contributed by atoms with Crippen LogP contribution in [-0.2, 0) is 15.4 Å². The van der Waals surface area contributed by atoms with E-state index in [4.69, 9.17) is 4.42 Å². The molecule has 5 heteroatoms. The minimum absolute atomic E-state index is 0.190. The molecule has 1 saturated carbocycles. The van der Waals surface area contributed by atoms with E-state index < -0.39 is 10.0 Å². The second kappa shape index (κ2) is 5.46. The Labute approximate surface area is 159 Å². The molecule has 0 spiro atoms. The van der Waals surface area contributed by atoms with Crippen molar-refractivity contribution in [2.75, 3.05) is 13.1 Å². The molecule has 27 heavy (non-hydrogen) atoms. The Morgan fingerprint density at radius 1 is 1.04 bits per heavy atom. The first-order chi connectivity index (χ1) is 12.8. The highest BCUT2D eigenvalue weighted by Crippen LogP contribution is 2.65. The molecule has 1 aliphatic heterocycles. The fourth-order valence-electron chi connectivity index (χ4n) is 4.80. The Hall–Kier alpha value is -2.11. The van der Waals surface area contributed by atoms with E-state index in [0.29, 0.717) is 29.8 Å². The van der Waals surface area contributed by atoms with Gasteiger partial charge >= 0.3 is 0 Å². The van der Waals surface area contributed by atoms with Gasteiger partial charge in [-0.3, -0.25) is 0 Å². The fraction of sp³-hybridized carbons (Fsp3) is 0.364. The van der Waals surface area contributed by atoms with Gasteiger partial charge in [0.2, 0.25) is 10.0 Å². The highest BCUT2D eigenvalue weighted by atomic mass is 32.2. The molecule has 2 fully saturated rings. The minimum atomic E-state index is -3.47. The van der Waals surface area contributed by atoms with E-state index in [-0.39, 0.29) is 5.41 Å². The molecule has 1 aliphatic carbocycles. The molecule has 0 amide bonds. The Kier molecular flexibility index (Phi) is 3.44. The molecule has 3 aromatic rings. The number of nitrogens with zero attached hydrogens (tertiary/aromatic N) is 1. The Bertz CT molecular complexity index is 1150. The Morgan fingerprint density at radius 2 is 1.74 bits per heavy atom. The molecule has 3 atom stereocenters. The van der Waals surface area contributed by atoms with Gasteiger partial charge in [0.25, 0.3) is 0 Å². The lowest BCUT2D eigenvalue weighted by molar-refractivity contribution is 0.382. The van der Waals surface area contributed by atoms with Crippen LogP contribution in [0, 0.1) is 25.7 Å². The van der Waals surface area contributed by atoms with Gasteiger partial charge < -0.3 is 4.42 Å². The number of hydrogen-bond acceptors (Lipinski definition) is 3. The predicted octanol–water partition coefficient (Wildman–Crippen LogP) is 4.26. The Morgan fingerprint density at radius 3 is 2.48 bits per heavy atom. The van der Waals surface area contributed by atoms with Crippen molar-refractivity contribution in [1.29, 1.82) is 0 Å². The standard InChI is InChI=1S/C22H23NO3S/c1-14-4-7-18(8-5-14)27(24,25)23-12-19-16(3)22(19,13-23)21-11-17-10-15(2)6-9-20(17)26-21/h4-11,16,19H,12-13H2,1-3H3. The summed E-state index contributed by atoms with van der Waals surface area (Å²) < 4.78 is 34.0.